The Morgan fingerprint density at radius 2 is 2.19 bits per heavy atom. The van der Waals surface area contributed by atoms with Gasteiger partial charge >= 0.3 is 5.97 Å². The molecule has 3 heterocycles. The van der Waals surface area contributed by atoms with Gasteiger partial charge in [-0.25, -0.2) is 0 Å². The van der Waals surface area contributed by atoms with Gasteiger partial charge in [0.2, 0.25) is 6.79 Å². The van der Waals surface area contributed by atoms with E-state index in [9.17, 15) is 15.0 Å². The van der Waals surface area contributed by atoms with Crippen LogP contribution in [0.15, 0.2) is 24.3 Å². The Hall–Kier alpha value is -2.09. The fraction of sp³-hybridized carbons (Fsp3) is 0.550. The van der Waals surface area contributed by atoms with Crippen molar-refractivity contribution in [2.45, 2.75) is 56.1 Å². The maximum absolute atomic E-state index is 12.3. The van der Waals surface area contributed by atoms with Crippen molar-refractivity contribution in [1.29, 1.82) is 0 Å². The highest BCUT2D eigenvalue weighted by atomic mass is 16.7. The molecule has 2 bridgehead atoms. The first kappa shape index (κ1) is 17.0. The lowest BCUT2D eigenvalue weighted by atomic mass is 9.65. The summed E-state index contributed by atoms with van der Waals surface area (Å²) >= 11 is 0. The summed E-state index contributed by atoms with van der Waals surface area (Å²) in [5, 5.41) is 19.7. The predicted molar refractivity (Wildman–Crippen MR) is 94.4 cm³/mol. The van der Waals surface area contributed by atoms with Crippen molar-refractivity contribution in [3.05, 3.63) is 35.4 Å². The number of aliphatic hydroxyl groups excluding tert-OH is 2. The standard InChI is InChI=1S/C20H23NO6/c1-11(22)4-19(24)27-18-9-21-8-12-5-15-16(26-10-25-15)7-14(12)20(18)3-2-13(23)6-17(20)21/h2-3,5,7,11,13,17-18,22-23H,4,6,8-10H2,1H3/t11-,13+,17+,18-,20+/m1/s1. The van der Waals surface area contributed by atoms with Crippen LogP contribution < -0.4 is 9.47 Å². The molecule has 3 aliphatic heterocycles. The number of carbonyl (C=O) groups is 1. The number of ether oxygens (including phenoxy) is 3. The first-order valence-electron chi connectivity index (χ1n) is 9.39. The number of hydrogen-bond acceptors (Lipinski definition) is 7. The fourth-order valence-corrected chi connectivity index (χ4v) is 5.09. The zero-order valence-electron chi connectivity index (χ0n) is 15.1. The van der Waals surface area contributed by atoms with E-state index in [1.807, 2.05) is 18.2 Å². The summed E-state index contributed by atoms with van der Waals surface area (Å²) in [6, 6.07) is 4.07. The molecule has 1 aromatic carbocycles. The van der Waals surface area contributed by atoms with Crippen molar-refractivity contribution in [3.63, 3.8) is 0 Å². The van der Waals surface area contributed by atoms with Gasteiger partial charge in [0, 0.05) is 19.1 Å². The summed E-state index contributed by atoms with van der Waals surface area (Å²) in [7, 11) is 0. The predicted octanol–water partition coefficient (Wildman–Crippen LogP) is 0.854. The molecule has 1 aromatic rings. The minimum Gasteiger partial charge on any atom is -0.460 e. The number of aliphatic hydroxyl groups is 2. The van der Waals surface area contributed by atoms with Crippen LogP contribution >= 0.6 is 0 Å². The molecule has 27 heavy (non-hydrogen) atoms. The SMILES string of the molecule is C[C@@H](O)CC(=O)O[C@@H]1CN2Cc3cc4c(cc3[C@]13C=C[C@H](O)C[C@H]23)OCO4. The molecule has 4 aliphatic rings. The van der Waals surface area contributed by atoms with Crippen molar-refractivity contribution < 1.29 is 29.2 Å². The van der Waals surface area contributed by atoms with E-state index in [4.69, 9.17) is 14.2 Å². The lowest BCUT2D eigenvalue weighted by Gasteiger charge is -2.46. The molecule has 1 unspecified atom stereocenters. The van der Waals surface area contributed by atoms with Gasteiger partial charge < -0.3 is 24.4 Å². The highest BCUT2D eigenvalue weighted by Crippen LogP contribution is 2.54. The van der Waals surface area contributed by atoms with Crippen LogP contribution in [0, 0.1) is 0 Å². The zero-order valence-corrected chi connectivity index (χ0v) is 15.1. The number of carbonyl (C=O) groups excluding carboxylic acids is 1. The van der Waals surface area contributed by atoms with Gasteiger partial charge in [-0.15, -0.1) is 0 Å². The van der Waals surface area contributed by atoms with Gasteiger partial charge in [-0.05, 0) is 36.6 Å². The van der Waals surface area contributed by atoms with E-state index in [0.717, 1.165) is 16.9 Å². The average molecular weight is 373 g/mol. The molecular weight excluding hydrogens is 350 g/mol. The lowest BCUT2D eigenvalue weighted by molar-refractivity contribution is -0.152. The van der Waals surface area contributed by atoms with Crippen LogP contribution in [0.5, 0.6) is 11.5 Å². The largest absolute Gasteiger partial charge is 0.460 e. The molecule has 144 valence electrons. The fourth-order valence-electron chi connectivity index (χ4n) is 5.09. The van der Waals surface area contributed by atoms with Crippen LogP contribution in [-0.4, -0.2) is 58.8 Å². The zero-order chi connectivity index (χ0) is 18.8. The Kier molecular flexibility index (Phi) is 3.76. The quantitative estimate of drug-likeness (QED) is 0.600. The van der Waals surface area contributed by atoms with Crippen molar-refractivity contribution in [1.82, 2.24) is 4.90 Å². The first-order valence-corrected chi connectivity index (χ1v) is 9.39. The summed E-state index contributed by atoms with van der Waals surface area (Å²) in [5.74, 6) is 1.04. The molecule has 0 radical (unpaired) electrons. The minimum absolute atomic E-state index is 0.0302. The maximum atomic E-state index is 12.3. The van der Waals surface area contributed by atoms with E-state index >= 15 is 0 Å². The molecule has 7 nitrogen and oxygen atoms in total. The maximum Gasteiger partial charge on any atom is 0.308 e. The number of esters is 1. The van der Waals surface area contributed by atoms with Crippen LogP contribution in [0.2, 0.25) is 0 Å². The van der Waals surface area contributed by atoms with Gasteiger partial charge in [-0.1, -0.05) is 12.2 Å². The smallest absolute Gasteiger partial charge is 0.308 e. The second-order valence-electron chi connectivity index (χ2n) is 7.93. The van der Waals surface area contributed by atoms with Crippen LogP contribution in [-0.2, 0) is 21.5 Å². The Morgan fingerprint density at radius 1 is 1.41 bits per heavy atom. The Balaban J connectivity index is 1.60. The van der Waals surface area contributed by atoms with Crippen molar-refractivity contribution >= 4 is 5.97 Å². The van der Waals surface area contributed by atoms with Crippen LogP contribution in [0.3, 0.4) is 0 Å². The minimum atomic E-state index is -0.739. The number of hydrogen-bond donors (Lipinski definition) is 2. The molecule has 0 aromatic heterocycles. The summed E-state index contributed by atoms with van der Waals surface area (Å²) in [5.41, 5.74) is 1.68. The van der Waals surface area contributed by atoms with E-state index in [1.54, 1.807) is 13.0 Å². The molecule has 0 amide bonds. The molecule has 5 rings (SSSR count). The molecule has 7 heteroatoms. The molecule has 6 atom stereocenters. The van der Waals surface area contributed by atoms with E-state index < -0.39 is 23.6 Å². The highest BCUT2D eigenvalue weighted by Gasteiger charge is 2.60. The van der Waals surface area contributed by atoms with Gasteiger partial charge in [0.15, 0.2) is 11.5 Å². The van der Waals surface area contributed by atoms with Crippen LogP contribution in [0.25, 0.3) is 0 Å². The number of fused-ring (bicyclic) bond motifs is 2. The second kappa shape index (κ2) is 5.95. The number of nitrogens with zero attached hydrogens (tertiary/aromatic N) is 1. The second-order valence-corrected chi connectivity index (χ2v) is 7.93. The van der Waals surface area contributed by atoms with E-state index in [-0.39, 0.29) is 25.4 Å². The van der Waals surface area contributed by atoms with Crippen molar-refractivity contribution in [2.75, 3.05) is 13.3 Å². The molecule has 1 fully saturated rings. The van der Waals surface area contributed by atoms with Gasteiger partial charge in [0.05, 0.1) is 24.0 Å². The third-order valence-corrected chi connectivity index (χ3v) is 6.16. The summed E-state index contributed by atoms with van der Waals surface area (Å²) in [6.07, 6.45) is 2.75. The normalized spacial score (nSPS) is 36.1. The van der Waals surface area contributed by atoms with Crippen molar-refractivity contribution in [2.24, 2.45) is 0 Å². The van der Waals surface area contributed by atoms with Gasteiger partial charge in [-0.3, -0.25) is 9.69 Å². The Labute approximate surface area is 157 Å². The van der Waals surface area contributed by atoms with E-state index in [2.05, 4.69) is 4.90 Å². The monoisotopic (exact) mass is 373 g/mol. The summed E-state index contributed by atoms with van der Waals surface area (Å²) in [4.78, 5) is 14.6. The molecule has 0 spiro atoms. The number of benzene rings is 1. The Bertz CT molecular complexity index is 821. The van der Waals surface area contributed by atoms with E-state index in [1.165, 1.54) is 0 Å². The molecule has 1 aliphatic carbocycles. The third-order valence-electron chi connectivity index (χ3n) is 6.16. The topological polar surface area (TPSA) is 88.5 Å². The van der Waals surface area contributed by atoms with Gasteiger partial charge in [-0.2, -0.15) is 0 Å². The summed E-state index contributed by atoms with van der Waals surface area (Å²) in [6.45, 7) is 3.09. The van der Waals surface area contributed by atoms with Crippen LogP contribution in [0.4, 0.5) is 0 Å². The average Bonchev–Trinajstić information content (AvgIpc) is 3.13. The summed E-state index contributed by atoms with van der Waals surface area (Å²) < 4.78 is 17.0. The molecule has 0 saturated carbocycles. The third kappa shape index (κ3) is 2.49. The van der Waals surface area contributed by atoms with Crippen LogP contribution in [0.1, 0.15) is 30.9 Å². The van der Waals surface area contributed by atoms with E-state index in [0.29, 0.717) is 25.3 Å². The molecular formula is C20H23NO6. The molecule has 2 N–H and O–H groups in total. The Morgan fingerprint density at radius 3 is 2.96 bits per heavy atom. The number of rotatable bonds is 3. The first-order chi connectivity index (χ1) is 13.0. The van der Waals surface area contributed by atoms with Gasteiger partial charge in [0.1, 0.15) is 6.10 Å². The van der Waals surface area contributed by atoms with Gasteiger partial charge in [0.25, 0.3) is 0 Å². The lowest BCUT2D eigenvalue weighted by Crippen LogP contribution is -2.52. The highest BCUT2D eigenvalue weighted by molar-refractivity contribution is 5.71. The molecule has 1 saturated heterocycles. The van der Waals surface area contributed by atoms with Crippen molar-refractivity contribution in [3.8, 4) is 11.5 Å².